The van der Waals surface area contributed by atoms with E-state index in [0.29, 0.717) is 6.42 Å². The summed E-state index contributed by atoms with van der Waals surface area (Å²) < 4.78 is 0. The normalized spacial score (nSPS) is 10.8. The molecule has 21 heavy (non-hydrogen) atoms. The number of carbonyl (C=O) groups excluding carboxylic acids is 1. The fourth-order valence-corrected chi connectivity index (χ4v) is 2.82. The van der Waals surface area contributed by atoms with E-state index >= 15 is 0 Å². The SMILES string of the molecule is CCCC([NH-])=O.C[Si](C)C1=Cc2ccccc2C1.[Cl-].[Cl-].[Ti+3]. The second-order valence-corrected chi connectivity index (χ2v) is 7.36. The van der Waals surface area contributed by atoms with Crippen molar-refractivity contribution in [2.75, 3.05) is 0 Å². The van der Waals surface area contributed by atoms with Gasteiger partial charge in [-0.3, -0.25) is 0 Å². The molecule has 1 aromatic carbocycles. The van der Waals surface area contributed by atoms with Crippen molar-refractivity contribution in [1.82, 2.24) is 0 Å². The number of carbonyl (C=O) groups is 1. The van der Waals surface area contributed by atoms with Crippen molar-refractivity contribution in [2.24, 2.45) is 0 Å². The Morgan fingerprint density at radius 1 is 1.24 bits per heavy atom. The minimum atomic E-state index is -0.461. The van der Waals surface area contributed by atoms with E-state index in [4.69, 9.17) is 5.73 Å². The molecule has 1 aromatic rings. The molecule has 114 valence electrons. The first kappa shape index (κ1) is 25.9. The maximum absolute atomic E-state index is 9.71. The smallest absolute Gasteiger partial charge is 1.00 e. The molecule has 2 radical (unpaired) electrons. The van der Waals surface area contributed by atoms with Crippen molar-refractivity contribution >= 4 is 20.8 Å². The molecule has 0 heterocycles. The van der Waals surface area contributed by atoms with Crippen LogP contribution in [0.3, 0.4) is 0 Å². The maximum atomic E-state index is 9.71. The fourth-order valence-electron chi connectivity index (χ4n) is 1.83. The van der Waals surface area contributed by atoms with Gasteiger partial charge in [-0.25, -0.2) is 0 Å². The summed E-state index contributed by atoms with van der Waals surface area (Å²) in [4.78, 5) is 9.71. The third kappa shape index (κ3) is 9.54. The average Bonchev–Trinajstić information content (AvgIpc) is 2.73. The standard InChI is InChI=1S/C11H13Si.C4H9NO.2ClH.Ti/c1-12(2)11-7-9-5-3-4-6-10(9)8-11;1-2-3-4(5)6;;;/h3-7H,8H2,1-2H3;2-3H2,1H3,(H2,5,6);2*1H;/q;;;;+3/p-3. The Morgan fingerprint density at radius 3 is 2.19 bits per heavy atom. The third-order valence-corrected chi connectivity index (χ3v) is 4.49. The third-order valence-electron chi connectivity index (χ3n) is 2.89. The molecule has 2 rings (SSSR count). The number of nitrogens with one attached hydrogen (secondary N) is 1. The molecule has 0 saturated heterocycles. The predicted octanol–water partition coefficient (Wildman–Crippen LogP) is -1.71. The quantitative estimate of drug-likeness (QED) is 0.578. The number of fused-ring (bicyclic) bond motifs is 1. The predicted molar refractivity (Wildman–Crippen MR) is 79.8 cm³/mol. The second-order valence-electron chi connectivity index (χ2n) is 4.72. The van der Waals surface area contributed by atoms with E-state index in [1.165, 1.54) is 17.5 Å². The molecule has 0 unspecified atom stereocenters. The van der Waals surface area contributed by atoms with E-state index in [-0.39, 0.29) is 55.3 Å². The molecule has 0 bridgehead atoms. The van der Waals surface area contributed by atoms with Crippen LogP contribution >= 0.6 is 0 Å². The van der Waals surface area contributed by atoms with E-state index in [0.717, 1.165) is 6.42 Å². The molecule has 0 atom stereocenters. The summed E-state index contributed by atoms with van der Waals surface area (Å²) in [5, 5.41) is 1.67. The van der Waals surface area contributed by atoms with Crippen LogP contribution in [-0.4, -0.2) is 14.7 Å². The van der Waals surface area contributed by atoms with Gasteiger partial charge in [0.2, 0.25) is 0 Å². The molecule has 0 fully saturated rings. The van der Waals surface area contributed by atoms with Gasteiger partial charge in [-0.05, 0) is 24.0 Å². The van der Waals surface area contributed by atoms with Gasteiger partial charge in [0, 0.05) is 5.91 Å². The van der Waals surface area contributed by atoms with Crippen LogP contribution in [0.1, 0.15) is 30.9 Å². The largest absolute Gasteiger partial charge is 3.00 e. The molecule has 0 spiro atoms. The van der Waals surface area contributed by atoms with Crippen LogP contribution in [0, 0.1) is 0 Å². The number of amides is 1. The number of rotatable bonds is 3. The van der Waals surface area contributed by atoms with Gasteiger partial charge in [0.05, 0.1) is 8.80 Å². The zero-order chi connectivity index (χ0) is 13.5. The zero-order valence-corrected chi connectivity index (χ0v) is 16.7. The van der Waals surface area contributed by atoms with Crippen LogP contribution in [0.5, 0.6) is 0 Å². The Morgan fingerprint density at radius 2 is 1.81 bits per heavy atom. The van der Waals surface area contributed by atoms with E-state index in [2.05, 4.69) is 43.4 Å². The Kier molecular flexibility index (Phi) is 16.7. The van der Waals surface area contributed by atoms with Crippen molar-refractivity contribution < 1.29 is 51.3 Å². The van der Waals surface area contributed by atoms with Crippen LogP contribution in [0.4, 0.5) is 0 Å². The van der Waals surface area contributed by atoms with Gasteiger partial charge in [-0.2, -0.15) is 0 Å². The molecule has 0 aromatic heterocycles. The summed E-state index contributed by atoms with van der Waals surface area (Å²) in [5.41, 5.74) is 9.29. The van der Waals surface area contributed by atoms with Gasteiger partial charge in [0.15, 0.2) is 0 Å². The summed E-state index contributed by atoms with van der Waals surface area (Å²) in [6.07, 6.45) is 4.78. The van der Waals surface area contributed by atoms with Crippen LogP contribution in [-0.2, 0) is 32.9 Å². The summed E-state index contributed by atoms with van der Waals surface area (Å²) in [6.45, 7) is 6.61. The van der Waals surface area contributed by atoms with Crippen molar-refractivity contribution in [3.63, 3.8) is 0 Å². The Labute approximate surface area is 157 Å². The van der Waals surface area contributed by atoms with Crippen molar-refractivity contribution in [3.05, 3.63) is 46.3 Å². The van der Waals surface area contributed by atoms with E-state index in [1.807, 2.05) is 6.92 Å². The van der Waals surface area contributed by atoms with Crippen molar-refractivity contribution in [1.29, 1.82) is 0 Å². The molecule has 1 aliphatic rings. The molecule has 0 saturated carbocycles. The number of allylic oxidation sites excluding steroid dienone is 1. The molecule has 0 aliphatic heterocycles. The van der Waals surface area contributed by atoms with Gasteiger partial charge in [-0.15, -0.1) is 0 Å². The fraction of sp³-hybridized carbons (Fsp3) is 0.400. The Bertz CT molecular complexity index is 453. The molecule has 1 amide bonds. The summed E-state index contributed by atoms with van der Waals surface area (Å²) >= 11 is 0. The van der Waals surface area contributed by atoms with Gasteiger partial charge in [0.1, 0.15) is 0 Å². The monoisotopic (exact) mass is 377 g/mol. The number of halogens is 2. The summed E-state index contributed by atoms with van der Waals surface area (Å²) in [6, 6.07) is 8.71. The second kappa shape index (κ2) is 13.6. The Hall–Kier alpha value is -0.0588. The van der Waals surface area contributed by atoms with Gasteiger partial charge < -0.3 is 35.3 Å². The van der Waals surface area contributed by atoms with Crippen LogP contribution in [0.25, 0.3) is 11.8 Å². The molecular weight excluding hydrogens is 357 g/mol. The molecule has 1 N–H and O–H groups in total. The minimum absolute atomic E-state index is 0. The summed E-state index contributed by atoms with van der Waals surface area (Å²) in [5.74, 6) is -0.461. The van der Waals surface area contributed by atoms with Crippen molar-refractivity contribution in [3.8, 4) is 0 Å². The van der Waals surface area contributed by atoms with Gasteiger partial charge >= 0.3 is 21.7 Å². The maximum Gasteiger partial charge on any atom is 3.00 e. The van der Waals surface area contributed by atoms with E-state index < -0.39 is 5.91 Å². The number of hydrogen-bond acceptors (Lipinski definition) is 1. The van der Waals surface area contributed by atoms with Gasteiger partial charge in [-0.1, -0.05) is 62.0 Å². The molecule has 6 heteroatoms. The first-order valence-corrected chi connectivity index (χ1v) is 8.88. The van der Waals surface area contributed by atoms with Crippen LogP contribution in [0.2, 0.25) is 13.1 Å². The van der Waals surface area contributed by atoms with Gasteiger partial charge in [0.25, 0.3) is 0 Å². The van der Waals surface area contributed by atoms with E-state index in [9.17, 15) is 4.79 Å². The molecule has 1 aliphatic carbocycles. The van der Waals surface area contributed by atoms with Crippen LogP contribution in [0.15, 0.2) is 29.5 Å². The first-order chi connectivity index (χ1) is 8.54. The number of hydrogen-bond donors (Lipinski definition) is 0. The average molecular weight is 378 g/mol. The molecule has 2 nitrogen and oxygen atoms in total. The minimum Gasteiger partial charge on any atom is -1.00 e. The van der Waals surface area contributed by atoms with E-state index in [1.54, 1.807) is 5.20 Å². The zero-order valence-electron chi connectivity index (χ0n) is 12.7. The van der Waals surface area contributed by atoms with Crippen molar-refractivity contribution in [2.45, 2.75) is 39.3 Å². The molecular formula is C15H21Cl2NOSiTi. The topological polar surface area (TPSA) is 40.9 Å². The summed E-state index contributed by atoms with van der Waals surface area (Å²) in [7, 11) is -0.218. The van der Waals surface area contributed by atoms with Crippen LogP contribution < -0.4 is 24.8 Å². The Balaban J connectivity index is -0.000000320. The number of benzene rings is 1. The first-order valence-electron chi connectivity index (χ1n) is 6.38.